The first-order valence-electron chi connectivity index (χ1n) is 12.9. The highest BCUT2D eigenvalue weighted by Crippen LogP contribution is 2.33. The molecule has 1 fully saturated rings. The molecule has 8 heteroatoms. The van der Waals surface area contributed by atoms with Gasteiger partial charge in [-0.3, -0.25) is 4.90 Å². The topological polar surface area (TPSA) is 65.2 Å². The van der Waals surface area contributed by atoms with Crippen molar-refractivity contribution in [1.82, 2.24) is 19.0 Å². The average Bonchev–Trinajstić information content (AvgIpc) is 3.31. The molecule has 6 nitrogen and oxygen atoms in total. The highest BCUT2D eigenvalue weighted by Gasteiger charge is 2.32. The summed E-state index contributed by atoms with van der Waals surface area (Å²) in [5.74, 6) is 0.677. The maximum absolute atomic E-state index is 13.5. The van der Waals surface area contributed by atoms with Gasteiger partial charge in [-0.2, -0.15) is 10.4 Å². The molecule has 0 bridgehead atoms. The number of hydrogen-bond acceptors (Lipinski definition) is 4. The van der Waals surface area contributed by atoms with Gasteiger partial charge in [0.2, 0.25) is 0 Å². The third-order valence-corrected chi connectivity index (χ3v) is 8.59. The lowest BCUT2D eigenvalue weighted by Gasteiger charge is -2.42. The predicted molar refractivity (Wildman–Crippen MR) is 149 cm³/mol. The molecular weight excluding hydrogens is 497 g/mol. The molecule has 1 aliphatic rings. The van der Waals surface area contributed by atoms with Crippen LogP contribution in [0.1, 0.15) is 42.1 Å². The van der Waals surface area contributed by atoms with Crippen molar-refractivity contribution in [3.8, 4) is 11.8 Å². The number of fused-ring (bicyclic) bond motifs is 1. The fourth-order valence-electron chi connectivity index (χ4n) is 5.22. The molecular formula is C30H32FN5OS. The molecule has 0 radical (unpaired) electrons. The summed E-state index contributed by atoms with van der Waals surface area (Å²) >= 11 is 0. The molecule has 38 heavy (non-hydrogen) atoms. The second kappa shape index (κ2) is 11.2. The van der Waals surface area contributed by atoms with E-state index in [-0.39, 0.29) is 11.9 Å². The van der Waals surface area contributed by atoms with Crippen LogP contribution < -0.4 is 0 Å². The number of nitriles is 1. The van der Waals surface area contributed by atoms with E-state index in [0.29, 0.717) is 23.8 Å². The summed E-state index contributed by atoms with van der Waals surface area (Å²) in [7, 11) is -1.17. The first-order valence-corrected chi connectivity index (χ1v) is 14.2. The van der Waals surface area contributed by atoms with Crippen LogP contribution in [0.4, 0.5) is 4.39 Å². The van der Waals surface area contributed by atoms with E-state index < -0.39 is 11.0 Å². The van der Waals surface area contributed by atoms with Crippen molar-refractivity contribution in [3.05, 3.63) is 94.9 Å². The smallest absolute Gasteiger partial charge is 0.123 e. The van der Waals surface area contributed by atoms with Gasteiger partial charge in [0.1, 0.15) is 5.82 Å². The molecule has 1 saturated heterocycles. The van der Waals surface area contributed by atoms with Gasteiger partial charge in [-0.1, -0.05) is 26.0 Å². The van der Waals surface area contributed by atoms with Crippen LogP contribution in [0, 0.1) is 30.0 Å². The number of rotatable bonds is 7. The van der Waals surface area contributed by atoms with Gasteiger partial charge in [-0.25, -0.2) is 17.6 Å². The summed E-state index contributed by atoms with van der Waals surface area (Å²) in [4.78, 5) is 2.51. The second-order valence-corrected chi connectivity index (χ2v) is 11.8. The SMILES string of the molecule is Cc1cc2c(cnn2-c2ccc(F)cc2)cc1C1CN(S(=O)Cc2ccc(C#N)cc2)CCN1CC(C)C. The Morgan fingerprint density at radius 3 is 2.53 bits per heavy atom. The zero-order valence-corrected chi connectivity index (χ0v) is 22.8. The molecule has 1 aromatic heterocycles. The van der Waals surface area contributed by atoms with Crippen molar-refractivity contribution < 1.29 is 8.60 Å². The zero-order valence-electron chi connectivity index (χ0n) is 22.0. The molecule has 0 saturated carbocycles. The van der Waals surface area contributed by atoms with E-state index in [4.69, 9.17) is 5.26 Å². The van der Waals surface area contributed by atoms with Crippen molar-refractivity contribution in [3.63, 3.8) is 0 Å². The normalized spacial score (nSPS) is 17.6. The lowest BCUT2D eigenvalue weighted by atomic mass is 9.96. The van der Waals surface area contributed by atoms with Crippen LogP contribution >= 0.6 is 0 Å². The largest absolute Gasteiger partial charge is 0.293 e. The van der Waals surface area contributed by atoms with Gasteiger partial charge in [0.25, 0.3) is 0 Å². The van der Waals surface area contributed by atoms with Crippen LogP contribution in [0.3, 0.4) is 0 Å². The highest BCUT2D eigenvalue weighted by atomic mass is 32.2. The standard InChI is InChI=1S/C30H32FN5OS/c1-21(2)18-34-12-13-35(38(37)20-24-6-4-23(16-32)5-7-24)19-30(34)28-15-25-17-33-36(29(25)14-22(28)3)27-10-8-26(31)9-11-27/h4-11,14-15,17,21,30H,12-13,18-20H2,1-3H3. The van der Waals surface area contributed by atoms with E-state index in [1.54, 1.807) is 24.3 Å². The van der Waals surface area contributed by atoms with Gasteiger partial charge in [0.05, 0.1) is 45.8 Å². The van der Waals surface area contributed by atoms with E-state index >= 15 is 0 Å². The van der Waals surface area contributed by atoms with Crippen LogP contribution in [-0.2, 0) is 16.7 Å². The molecule has 0 N–H and O–H groups in total. The number of nitrogens with zero attached hydrogens (tertiary/aromatic N) is 5. The number of aromatic nitrogens is 2. The van der Waals surface area contributed by atoms with Crippen molar-refractivity contribution >= 4 is 21.9 Å². The fraction of sp³-hybridized carbons (Fsp3) is 0.333. The molecule has 2 unspecified atom stereocenters. The average molecular weight is 530 g/mol. The first kappa shape index (κ1) is 26.2. The number of hydrogen-bond donors (Lipinski definition) is 0. The minimum atomic E-state index is -1.17. The maximum atomic E-state index is 13.5. The molecule has 4 aromatic rings. The van der Waals surface area contributed by atoms with E-state index in [0.717, 1.165) is 47.4 Å². The molecule has 2 heterocycles. The third kappa shape index (κ3) is 5.56. The molecule has 5 rings (SSSR count). The predicted octanol–water partition coefficient (Wildman–Crippen LogP) is 5.52. The van der Waals surface area contributed by atoms with Crippen LogP contribution in [0.5, 0.6) is 0 Å². The summed E-state index contributed by atoms with van der Waals surface area (Å²) in [5, 5.41) is 14.7. The quantitative estimate of drug-likeness (QED) is 0.316. The maximum Gasteiger partial charge on any atom is 0.123 e. The summed E-state index contributed by atoms with van der Waals surface area (Å²) in [6.45, 7) is 9.81. The Labute approximate surface area is 225 Å². The van der Waals surface area contributed by atoms with Crippen molar-refractivity contribution in [1.29, 1.82) is 5.26 Å². The Bertz CT molecular complexity index is 1490. The monoisotopic (exact) mass is 529 g/mol. The van der Waals surface area contributed by atoms with E-state index in [1.165, 1.54) is 17.7 Å². The minimum absolute atomic E-state index is 0.106. The first-order chi connectivity index (χ1) is 18.3. The fourth-order valence-corrected chi connectivity index (χ4v) is 6.47. The highest BCUT2D eigenvalue weighted by molar-refractivity contribution is 7.81. The van der Waals surface area contributed by atoms with Gasteiger partial charge in [-0.05, 0) is 78.1 Å². The Hall–Kier alpha value is -3.38. The van der Waals surface area contributed by atoms with Crippen LogP contribution in [0.25, 0.3) is 16.6 Å². The van der Waals surface area contributed by atoms with E-state index in [1.807, 2.05) is 23.0 Å². The van der Waals surface area contributed by atoms with Crippen molar-refractivity contribution in [2.75, 3.05) is 26.2 Å². The number of piperazine rings is 1. The van der Waals surface area contributed by atoms with Crippen LogP contribution in [0.15, 0.2) is 66.9 Å². The van der Waals surface area contributed by atoms with Crippen molar-refractivity contribution in [2.24, 2.45) is 5.92 Å². The van der Waals surface area contributed by atoms with Crippen molar-refractivity contribution in [2.45, 2.75) is 32.6 Å². The summed E-state index contributed by atoms with van der Waals surface area (Å²) in [5.41, 5.74) is 5.74. The third-order valence-electron chi connectivity index (χ3n) is 7.10. The molecule has 2 atom stereocenters. The molecule has 0 spiro atoms. The van der Waals surface area contributed by atoms with Crippen LogP contribution in [0.2, 0.25) is 0 Å². The number of benzene rings is 3. The Kier molecular flexibility index (Phi) is 7.70. The van der Waals surface area contributed by atoms with E-state index in [2.05, 4.69) is 53.3 Å². The Balaban J connectivity index is 1.43. The molecule has 1 aliphatic heterocycles. The van der Waals surface area contributed by atoms with Gasteiger partial charge in [-0.15, -0.1) is 0 Å². The molecule has 0 amide bonds. The molecule has 196 valence electrons. The molecule has 0 aliphatic carbocycles. The van der Waals surface area contributed by atoms with E-state index in [9.17, 15) is 8.60 Å². The van der Waals surface area contributed by atoms with Gasteiger partial charge in [0, 0.05) is 37.6 Å². The lowest BCUT2D eigenvalue weighted by Crippen LogP contribution is -2.50. The number of aryl methyl sites for hydroxylation is 1. The van der Waals surface area contributed by atoms with Gasteiger partial charge in [0.15, 0.2) is 0 Å². The Morgan fingerprint density at radius 2 is 1.84 bits per heavy atom. The lowest BCUT2D eigenvalue weighted by molar-refractivity contribution is 0.107. The summed E-state index contributed by atoms with van der Waals surface area (Å²) in [6.07, 6.45) is 1.86. The Morgan fingerprint density at radius 1 is 1.11 bits per heavy atom. The van der Waals surface area contributed by atoms with Gasteiger partial charge >= 0.3 is 0 Å². The summed E-state index contributed by atoms with van der Waals surface area (Å²) in [6, 6.07) is 20.3. The number of halogens is 1. The summed E-state index contributed by atoms with van der Waals surface area (Å²) < 4.78 is 30.8. The second-order valence-electron chi connectivity index (χ2n) is 10.4. The zero-order chi connectivity index (χ0) is 26.8. The molecule has 3 aromatic carbocycles. The minimum Gasteiger partial charge on any atom is -0.293 e. The van der Waals surface area contributed by atoms with Gasteiger partial charge < -0.3 is 0 Å². The van der Waals surface area contributed by atoms with Crippen LogP contribution in [-0.4, -0.2) is 49.4 Å².